The fourth-order valence-electron chi connectivity index (χ4n) is 3.03. The molecule has 2 heterocycles. The highest BCUT2D eigenvalue weighted by Crippen LogP contribution is 2.39. The van der Waals surface area contributed by atoms with Gasteiger partial charge in [0.2, 0.25) is 5.88 Å². The molecule has 2 N–H and O–H groups in total. The Bertz CT molecular complexity index is 1410. The highest BCUT2D eigenvalue weighted by molar-refractivity contribution is 7.99. The van der Waals surface area contributed by atoms with Gasteiger partial charge in [-0.3, -0.25) is 14.2 Å². The maximum atomic E-state index is 14.8. The molecule has 35 heavy (non-hydrogen) atoms. The lowest BCUT2D eigenvalue weighted by atomic mass is 10.3. The largest absolute Gasteiger partial charge is 0.463 e. The van der Waals surface area contributed by atoms with Crippen LogP contribution in [0, 0.1) is 5.82 Å². The Kier molecular flexibility index (Phi) is 7.60. The molecule has 3 aromatic rings. The summed E-state index contributed by atoms with van der Waals surface area (Å²) in [5.74, 6) is -1.80. The van der Waals surface area contributed by atoms with Crippen LogP contribution in [-0.4, -0.2) is 26.1 Å². The fraction of sp³-hybridized carbons (Fsp3) is 0.238. The molecular formula is C21H17ClF4N4O4S. The Hall–Kier alpha value is -3.32. The average Bonchev–Trinajstić information content (AvgIpc) is 2.77. The van der Waals surface area contributed by atoms with E-state index in [0.717, 1.165) is 30.9 Å². The number of halogens is 5. The van der Waals surface area contributed by atoms with Gasteiger partial charge in [0.05, 0.1) is 15.6 Å². The van der Waals surface area contributed by atoms with Crippen molar-refractivity contribution in [1.82, 2.24) is 14.1 Å². The number of nitrogens with two attached hydrogens (primary N) is 1. The molecule has 0 bridgehead atoms. The van der Waals surface area contributed by atoms with Gasteiger partial charge in [-0.25, -0.2) is 18.7 Å². The van der Waals surface area contributed by atoms with E-state index in [9.17, 15) is 31.9 Å². The van der Waals surface area contributed by atoms with Crippen LogP contribution in [0.25, 0.3) is 5.69 Å². The molecule has 0 radical (unpaired) electrons. The molecule has 0 aliphatic heterocycles. The molecule has 0 spiro atoms. The number of ether oxygens (including phenoxy) is 1. The van der Waals surface area contributed by atoms with Gasteiger partial charge in [0.1, 0.15) is 11.5 Å². The lowest BCUT2D eigenvalue weighted by Gasteiger charge is -2.17. The summed E-state index contributed by atoms with van der Waals surface area (Å²) in [6, 6.07) is 5.17. The quantitative estimate of drug-likeness (QED) is 0.466. The first-order valence-corrected chi connectivity index (χ1v) is 11.0. The van der Waals surface area contributed by atoms with Crippen LogP contribution in [0.2, 0.25) is 5.02 Å². The van der Waals surface area contributed by atoms with E-state index in [1.807, 2.05) is 0 Å². The number of benzene rings is 1. The van der Waals surface area contributed by atoms with Gasteiger partial charge in [0, 0.05) is 24.2 Å². The van der Waals surface area contributed by atoms with Gasteiger partial charge in [-0.2, -0.15) is 13.2 Å². The number of pyridine rings is 1. The van der Waals surface area contributed by atoms with E-state index >= 15 is 0 Å². The second kappa shape index (κ2) is 10.1. The van der Waals surface area contributed by atoms with Crippen LogP contribution < -0.4 is 21.7 Å². The molecule has 1 aromatic carbocycles. The number of aromatic nitrogens is 3. The van der Waals surface area contributed by atoms with Gasteiger partial charge in [-0.1, -0.05) is 30.3 Å². The summed E-state index contributed by atoms with van der Waals surface area (Å²) in [5.41, 5.74) is 0.435. The molecule has 3 rings (SSSR count). The van der Waals surface area contributed by atoms with Gasteiger partial charge >= 0.3 is 11.9 Å². The number of primary amides is 1. The van der Waals surface area contributed by atoms with Crippen molar-refractivity contribution in [3.63, 3.8) is 0 Å². The summed E-state index contributed by atoms with van der Waals surface area (Å²) in [6.45, 7) is 1.68. The predicted octanol–water partition coefficient (Wildman–Crippen LogP) is 3.54. The van der Waals surface area contributed by atoms with Crippen LogP contribution in [-0.2, 0) is 18.0 Å². The van der Waals surface area contributed by atoms with E-state index < -0.39 is 46.6 Å². The van der Waals surface area contributed by atoms with Gasteiger partial charge < -0.3 is 10.5 Å². The number of nitrogens with zero attached hydrogens (tertiary/aromatic N) is 3. The average molecular weight is 533 g/mol. The van der Waals surface area contributed by atoms with E-state index in [1.165, 1.54) is 6.20 Å². The van der Waals surface area contributed by atoms with E-state index in [1.54, 1.807) is 19.1 Å². The Morgan fingerprint density at radius 3 is 2.54 bits per heavy atom. The summed E-state index contributed by atoms with van der Waals surface area (Å²) >= 11 is 7.06. The molecular weight excluding hydrogens is 516 g/mol. The summed E-state index contributed by atoms with van der Waals surface area (Å²) in [7, 11) is 0.812. The van der Waals surface area contributed by atoms with E-state index in [-0.39, 0.29) is 37.4 Å². The molecule has 0 aliphatic rings. The molecule has 0 saturated carbocycles. The molecule has 186 valence electrons. The first-order valence-electron chi connectivity index (χ1n) is 9.83. The lowest BCUT2D eigenvalue weighted by molar-refractivity contribution is -0.144. The number of carbonyl (C=O) groups is 1. The Morgan fingerprint density at radius 1 is 1.26 bits per heavy atom. The number of rotatable bonds is 7. The zero-order valence-electron chi connectivity index (χ0n) is 18.1. The van der Waals surface area contributed by atoms with Gasteiger partial charge in [-0.15, -0.1) is 0 Å². The fourth-order valence-corrected chi connectivity index (χ4v) is 4.19. The molecule has 0 fully saturated rings. The molecule has 1 unspecified atom stereocenters. The first-order chi connectivity index (χ1) is 16.3. The van der Waals surface area contributed by atoms with Crippen LogP contribution >= 0.6 is 23.4 Å². The highest BCUT2D eigenvalue weighted by atomic mass is 35.5. The number of amides is 1. The smallest absolute Gasteiger partial charge is 0.431 e. The molecule has 1 atom stereocenters. The summed E-state index contributed by atoms with van der Waals surface area (Å²) in [6.07, 6.45) is -4.28. The Balaban J connectivity index is 2.11. The standard InChI is InChI=1S/C21H17ClF4N4O4S/c1-3-13(18(27)32)34-19-14(5-4-6-28-19)35-15-8-12(11(23)7-10(15)22)30-17(31)9-16(21(24,25)26)29(2)20(30)33/h4-9,13H,3H2,1-2H3,(H2,27,32). The summed E-state index contributed by atoms with van der Waals surface area (Å²) in [5, 5.41) is -0.121. The van der Waals surface area contributed by atoms with E-state index in [4.69, 9.17) is 22.1 Å². The van der Waals surface area contributed by atoms with Crippen molar-refractivity contribution in [2.45, 2.75) is 35.4 Å². The summed E-state index contributed by atoms with van der Waals surface area (Å²) < 4.78 is 60.2. The van der Waals surface area contributed by atoms with Crippen molar-refractivity contribution in [1.29, 1.82) is 0 Å². The van der Waals surface area contributed by atoms with Crippen molar-refractivity contribution in [2.24, 2.45) is 12.8 Å². The molecule has 0 saturated heterocycles. The number of hydrogen-bond donors (Lipinski definition) is 1. The minimum Gasteiger partial charge on any atom is -0.463 e. The van der Waals surface area contributed by atoms with Crippen molar-refractivity contribution in [3.8, 4) is 11.6 Å². The number of hydrogen-bond acceptors (Lipinski definition) is 6. The van der Waals surface area contributed by atoms with Crippen molar-refractivity contribution in [2.75, 3.05) is 0 Å². The third kappa shape index (κ3) is 5.51. The SMILES string of the molecule is CCC(Oc1ncccc1Sc1cc(-n2c(=O)cc(C(F)(F)F)n(C)c2=O)c(F)cc1Cl)C(N)=O. The molecule has 8 nitrogen and oxygen atoms in total. The monoisotopic (exact) mass is 532 g/mol. The zero-order chi connectivity index (χ0) is 26.1. The van der Waals surface area contributed by atoms with Crippen LogP contribution in [0.4, 0.5) is 17.6 Å². The van der Waals surface area contributed by atoms with Crippen LogP contribution in [0.5, 0.6) is 5.88 Å². The van der Waals surface area contributed by atoms with E-state index in [0.29, 0.717) is 4.90 Å². The maximum absolute atomic E-state index is 14.8. The predicted molar refractivity (Wildman–Crippen MR) is 120 cm³/mol. The van der Waals surface area contributed by atoms with Crippen LogP contribution in [0.1, 0.15) is 19.0 Å². The highest BCUT2D eigenvalue weighted by Gasteiger charge is 2.35. The van der Waals surface area contributed by atoms with Crippen molar-refractivity contribution in [3.05, 3.63) is 73.9 Å². The molecule has 2 aromatic heterocycles. The first kappa shape index (κ1) is 26.3. The molecule has 14 heteroatoms. The van der Waals surface area contributed by atoms with Gasteiger partial charge in [0.25, 0.3) is 11.5 Å². The lowest BCUT2D eigenvalue weighted by Crippen LogP contribution is -2.41. The normalized spacial score (nSPS) is 12.4. The topological polar surface area (TPSA) is 109 Å². The van der Waals surface area contributed by atoms with E-state index in [2.05, 4.69) is 4.98 Å². The Labute approximate surface area is 204 Å². The number of alkyl halides is 3. The van der Waals surface area contributed by atoms with Gasteiger partial charge in [-0.05, 0) is 30.7 Å². The Morgan fingerprint density at radius 2 is 1.94 bits per heavy atom. The summed E-state index contributed by atoms with van der Waals surface area (Å²) in [4.78, 5) is 41.1. The maximum Gasteiger partial charge on any atom is 0.431 e. The zero-order valence-corrected chi connectivity index (χ0v) is 19.7. The third-order valence-electron chi connectivity index (χ3n) is 4.75. The van der Waals surface area contributed by atoms with Crippen LogP contribution in [0.3, 0.4) is 0 Å². The number of carbonyl (C=O) groups excluding carboxylic acids is 1. The second-order valence-electron chi connectivity index (χ2n) is 7.10. The molecule has 1 amide bonds. The second-order valence-corrected chi connectivity index (χ2v) is 8.59. The van der Waals surface area contributed by atoms with Crippen LogP contribution in [0.15, 0.2) is 55.9 Å². The van der Waals surface area contributed by atoms with Crippen molar-refractivity contribution >= 4 is 29.3 Å². The third-order valence-corrected chi connectivity index (χ3v) is 6.26. The van der Waals surface area contributed by atoms with Gasteiger partial charge in [0.15, 0.2) is 6.10 Å². The molecule has 0 aliphatic carbocycles. The minimum absolute atomic E-state index is 0.0210. The van der Waals surface area contributed by atoms with Crippen molar-refractivity contribution < 1.29 is 27.1 Å². The minimum atomic E-state index is -4.97.